The average Bonchev–Trinajstić information content (AvgIpc) is 2.80. The molecule has 1 aliphatic rings. The lowest BCUT2D eigenvalue weighted by molar-refractivity contribution is 0.419. The van der Waals surface area contributed by atoms with Crippen LogP contribution in [0.15, 0.2) is 6.20 Å². The molecule has 0 bridgehead atoms. The van der Waals surface area contributed by atoms with E-state index >= 15 is 0 Å². The van der Waals surface area contributed by atoms with Crippen LogP contribution >= 0.6 is 11.6 Å². The third-order valence-corrected chi connectivity index (χ3v) is 5.45. The highest BCUT2D eigenvalue weighted by atomic mass is 35.5. The molecule has 0 amide bonds. The maximum absolute atomic E-state index is 11.5. The Balaban J connectivity index is 2.29. The second-order valence-electron chi connectivity index (χ2n) is 5.10. The SMILES string of the molecule is CC(C)n1ncc(Cl)c1C(N)C1CCS(=O)(=O)C1. The summed E-state index contributed by atoms with van der Waals surface area (Å²) in [4.78, 5) is 0. The quantitative estimate of drug-likeness (QED) is 0.916. The number of sulfone groups is 1. The maximum Gasteiger partial charge on any atom is 0.150 e. The molecule has 2 rings (SSSR count). The van der Waals surface area contributed by atoms with E-state index in [1.165, 1.54) is 0 Å². The van der Waals surface area contributed by atoms with Crippen molar-refractivity contribution in [3.63, 3.8) is 0 Å². The Labute approximate surface area is 112 Å². The Bertz CT molecular complexity index is 538. The van der Waals surface area contributed by atoms with Crippen molar-refractivity contribution in [1.82, 2.24) is 9.78 Å². The van der Waals surface area contributed by atoms with Gasteiger partial charge in [-0.3, -0.25) is 4.68 Å². The molecular formula is C11H18ClN3O2S. The number of hydrogen-bond donors (Lipinski definition) is 1. The molecular weight excluding hydrogens is 274 g/mol. The number of aromatic nitrogens is 2. The molecule has 1 aromatic heterocycles. The first-order chi connectivity index (χ1) is 8.32. The van der Waals surface area contributed by atoms with Crippen LogP contribution in [0, 0.1) is 5.92 Å². The van der Waals surface area contributed by atoms with Crippen molar-refractivity contribution in [2.45, 2.75) is 32.4 Å². The van der Waals surface area contributed by atoms with Crippen molar-refractivity contribution in [1.29, 1.82) is 0 Å². The summed E-state index contributed by atoms with van der Waals surface area (Å²) in [6.07, 6.45) is 2.17. The van der Waals surface area contributed by atoms with Gasteiger partial charge in [0.05, 0.1) is 34.5 Å². The van der Waals surface area contributed by atoms with Gasteiger partial charge in [0, 0.05) is 6.04 Å². The van der Waals surface area contributed by atoms with E-state index in [1.807, 2.05) is 13.8 Å². The van der Waals surface area contributed by atoms with Gasteiger partial charge in [0.1, 0.15) is 0 Å². The number of halogens is 1. The molecule has 2 atom stereocenters. The third kappa shape index (κ3) is 2.55. The molecule has 7 heteroatoms. The number of hydrogen-bond acceptors (Lipinski definition) is 4. The van der Waals surface area contributed by atoms with Gasteiger partial charge in [0.15, 0.2) is 9.84 Å². The van der Waals surface area contributed by atoms with Gasteiger partial charge in [-0.05, 0) is 26.2 Å². The van der Waals surface area contributed by atoms with Gasteiger partial charge in [-0.2, -0.15) is 5.10 Å². The summed E-state index contributed by atoms with van der Waals surface area (Å²) in [7, 11) is -2.93. The second kappa shape index (κ2) is 4.83. The van der Waals surface area contributed by atoms with Gasteiger partial charge < -0.3 is 5.73 Å². The largest absolute Gasteiger partial charge is 0.322 e. The van der Waals surface area contributed by atoms with E-state index < -0.39 is 9.84 Å². The summed E-state index contributed by atoms with van der Waals surface area (Å²) in [5, 5.41) is 4.71. The standard InChI is InChI=1S/C11H18ClN3O2S/c1-7(2)15-11(9(12)5-14-15)10(13)8-3-4-18(16,17)6-8/h5,7-8,10H,3-4,6,13H2,1-2H3. The highest BCUT2D eigenvalue weighted by molar-refractivity contribution is 7.91. The van der Waals surface area contributed by atoms with Crippen molar-refractivity contribution in [3.8, 4) is 0 Å². The molecule has 18 heavy (non-hydrogen) atoms. The van der Waals surface area contributed by atoms with Crippen LogP contribution in [-0.4, -0.2) is 29.7 Å². The molecule has 2 heterocycles. The second-order valence-corrected chi connectivity index (χ2v) is 7.74. The molecule has 1 aromatic rings. The molecule has 0 saturated carbocycles. The zero-order chi connectivity index (χ0) is 13.5. The van der Waals surface area contributed by atoms with Crippen LogP contribution in [0.2, 0.25) is 5.02 Å². The smallest absolute Gasteiger partial charge is 0.150 e. The summed E-state index contributed by atoms with van der Waals surface area (Å²) in [5.74, 6) is 0.300. The van der Waals surface area contributed by atoms with Gasteiger partial charge in [-0.25, -0.2) is 8.42 Å². The highest BCUT2D eigenvalue weighted by Gasteiger charge is 2.35. The van der Waals surface area contributed by atoms with E-state index in [9.17, 15) is 8.42 Å². The van der Waals surface area contributed by atoms with Crippen molar-refractivity contribution in [2.75, 3.05) is 11.5 Å². The van der Waals surface area contributed by atoms with E-state index in [1.54, 1.807) is 10.9 Å². The number of rotatable bonds is 3. The minimum atomic E-state index is -2.93. The maximum atomic E-state index is 11.5. The normalized spacial score (nSPS) is 24.6. The molecule has 1 fully saturated rings. The molecule has 0 aliphatic carbocycles. The zero-order valence-corrected chi connectivity index (χ0v) is 12.1. The number of nitrogens with two attached hydrogens (primary N) is 1. The lowest BCUT2D eigenvalue weighted by Gasteiger charge is -2.21. The van der Waals surface area contributed by atoms with E-state index in [0.717, 1.165) is 5.69 Å². The average molecular weight is 292 g/mol. The van der Waals surface area contributed by atoms with Crippen LogP contribution in [0.1, 0.15) is 38.0 Å². The minimum Gasteiger partial charge on any atom is -0.322 e. The molecule has 0 radical (unpaired) electrons. The molecule has 102 valence electrons. The van der Waals surface area contributed by atoms with Gasteiger partial charge in [0.2, 0.25) is 0 Å². The first-order valence-electron chi connectivity index (χ1n) is 6.00. The van der Waals surface area contributed by atoms with Gasteiger partial charge >= 0.3 is 0 Å². The van der Waals surface area contributed by atoms with Crippen molar-refractivity contribution >= 4 is 21.4 Å². The van der Waals surface area contributed by atoms with Crippen LogP contribution in [0.5, 0.6) is 0 Å². The summed E-state index contributed by atoms with van der Waals surface area (Å²) < 4.78 is 24.8. The zero-order valence-electron chi connectivity index (χ0n) is 10.5. The number of nitrogens with zero attached hydrogens (tertiary/aromatic N) is 2. The Kier molecular flexibility index (Phi) is 3.71. The van der Waals surface area contributed by atoms with E-state index in [-0.39, 0.29) is 29.5 Å². The van der Waals surface area contributed by atoms with Gasteiger partial charge in [-0.1, -0.05) is 11.6 Å². The first kappa shape index (κ1) is 13.8. The molecule has 2 unspecified atom stereocenters. The lowest BCUT2D eigenvalue weighted by Crippen LogP contribution is -2.26. The molecule has 0 aromatic carbocycles. The fourth-order valence-electron chi connectivity index (χ4n) is 2.40. The van der Waals surface area contributed by atoms with E-state index in [2.05, 4.69) is 5.10 Å². The van der Waals surface area contributed by atoms with Crippen LogP contribution in [0.4, 0.5) is 0 Å². The summed E-state index contributed by atoms with van der Waals surface area (Å²) in [6, 6.07) is -0.226. The summed E-state index contributed by atoms with van der Waals surface area (Å²) >= 11 is 6.12. The van der Waals surface area contributed by atoms with Crippen molar-refractivity contribution in [2.24, 2.45) is 11.7 Å². The van der Waals surface area contributed by atoms with Crippen LogP contribution in [0.3, 0.4) is 0 Å². The monoisotopic (exact) mass is 291 g/mol. The topological polar surface area (TPSA) is 78.0 Å². The molecule has 1 saturated heterocycles. The van der Waals surface area contributed by atoms with Crippen LogP contribution in [-0.2, 0) is 9.84 Å². The van der Waals surface area contributed by atoms with Crippen molar-refractivity contribution in [3.05, 3.63) is 16.9 Å². The van der Waals surface area contributed by atoms with Gasteiger partial charge in [-0.15, -0.1) is 0 Å². The van der Waals surface area contributed by atoms with E-state index in [4.69, 9.17) is 17.3 Å². The highest BCUT2D eigenvalue weighted by Crippen LogP contribution is 2.34. The van der Waals surface area contributed by atoms with Gasteiger partial charge in [0.25, 0.3) is 0 Å². The predicted molar refractivity (Wildman–Crippen MR) is 71.3 cm³/mol. The van der Waals surface area contributed by atoms with Crippen LogP contribution < -0.4 is 5.73 Å². The molecule has 5 nitrogen and oxygen atoms in total. The molecule has 2 N–H and O–H groups in total. The van der Waals surface area contributed by atoms with Crippen LogP contribution in [0.25, 0.3) is 0 Å². The Morgan fingerprint density at radius 3 is 2.72 bits per heavy atom. The summed E-state index contributed by atoms with van der Waals surface area (Å²) in [5.41, 5.74) is 6.94. The van der Waals surface area contributed by atoms with Crippen molar-refractivity contribution < 1.29 is 8.42 Å². The fraction of sp³-hybridized carbons (Fsp3) is 0.727. The predicted octanol–water partition coefficient (Wildman–Crippen LogP) is 1.55. The fourth-order valence-corrected chi connectivity index (χ4v) is 4.52. The summed E-state index contributed by atoms with van der Waals surface area (Å²) in [6.45, 7) is 3.98. The Morgan fingerprint density at radius 2 is 2.22 bits per heavy atom. The Morgan fingerprint density at radius 1 is 1.56 bits per heavy atom. The first-order valence-corrected chi connectivity index (χ1v) is 8.20. The Hall–Kier alpha value is -0.590. The van der Waals surface area contributed by atoms with E-state index in [0.29, 0.717) is 11.4 Å². The lowest BCUT2D eigenvalue weighted by atomic mass is 9.97. The third-order valence-electron chi connectivity index (χ3n) is 3.37. The minimum absolute atomic E-state index is 0.0679. The molecule has 1 aliphatic heterocycles. The molecule has 0 spiro atoms.